The number of nitrogens with zero attached hydrogens (tertiary/aromatic N) is 2. The van der Waals surface area contributed by atoms with Crippen LogP contribution in [0.25, 0.3) is 0 Å². The number of benzene rings is 1. The van der Waals surface area contributed by atoms with Crippen LogP contribution in [0.3, 0.4) is 0 Å². The molecule has 0 fully saturated rings. The van der Waals surface area contributed by atoms with E-state index < -0.39 is 5.82 Å². The smallest absolute Gasteiger partial charge is 0.253 e. The van der Waals surface area contributed by atoms with E-state index >= 15 is 0 Å². The summed E-state index contributed by atoms with van der Waals surface area (Å²) < 4.78 is 15.1. The van der Waals surface area contributed by atoms with Crippen LogP contribution in [0.5, 0.6) is 0 Å². The Kier molecular flexibility index (Phi) is 3.47. The van der Waals surface area contributed by atoms with Crippen molar-refractivity contribution < 1.29 is 4.39 Å². The van der Waals surface area contributed by atoms with Gasteiger partial charge in [0.1, 0.15) is 10.8 Å². The van der Waals surface area contributed by atoms with Crippen molar-refractivity contribution in [1.82, 2.24) is 9.55 Å². The Morgan fingerprint density at radius 1 is 1.44 bits per heavy atom. The Labute approximate surface area is 108 Å². The van der Waals surface area contributed by atoms with Crippen molar-refractivity contribution in [2.24, 2.45) is 5.73 Å². The first-order valence-electron chi connectivity index (χ1n) is 5.16. The van der Waals surface area contributed by atoms with Crippen molar-refractivity contribution in [3.63, 3.8) is 0 Å². The van der Waals surface area contributed by atoms with Crippen LogP contribution in [0.2, 0.25) is 0 Å². The van der Waals surface area contributed by atoms with E-state index in [4.69, 9.17) is 18.0 Å². The maximum Gasteiger partial charge on any atom is 0.253 e. The molecule has 0 spiro atoms. The highest BCUT2D eigenvalue weighted by Crippen LogP contribution is 2.11. The number of hydrogen-bond donors (Lipinski definition) is 1. The fourth-order valence-corrected chi connectivity index (χ4v) is 1.64. The van der Waals surface area contributed by atoms with E-state index in [9.17, 15) is 9.18 Å². The summed E-state index contributed by atoms with van der Waals surface area (Å²) in [5.74, 6) is -0.448. The van der Waals surface area contributed by atoms with Gasteiger partial charge in [0.15, 0.2) is 0 Å². The summed E-state index contributed by atoms with van der Waals surface area (Å²) in [4.78, 5) is 15.4. The summed E-state index contributed by atoms with van der Waals surface area (Å²) in [6.45, 7) is 0.121. The first-order chi connectivity index (χ1) is 8.58. The quantitative estimate of drug-likeness (QED) is 0.841. The Balaban J connectivity index is 2.33. The van der Waals surface area contributed by atoms with Crippen molar-refractivity contribution in [2.75, 3.05) is 0 Å². The molecule has 0 amide bonds. The molecule has 1 aromatic heterocycles. The summed E-state index contributed by atoms with van der Waals surface area (Å²) >= 11 is 4.76. The number of halogens is 1. The summed E-state index contributed by atoms with van der Waals surface area (Å²) in [5, 5.41) is 0. The second kappa shape index (κ2) is 5.05. The number of rotatable bonds is 3. The third-order valence-electron chi connectivity index (χ3n) is 2.47. The molecule has 18 heavy (non-hydrogen) atoms. The Bertz CT molecular complexity index is 654. The fourth-order valence-electron chi connectivity index (χ4n) is 1.51. The molecule has 0 unspecified atom stereocenters. The molecule has 2 aromatic rings. The van der Waals surface area contributed by atoms with Gasteiger partial charge in [-0.2, -0.15) is 0 Å². The van der Waals surface area contributed by atoms with Crippen LogP contribution >= 0.6 is 12.2 Å². The highest BCUT2D eigenvalue weighted by molar-refractivity contribution is 7.80. The molecule has 0 saturated heterocycles. The Morgan fingerprint density at radius 2 is 2.22 bits per heavy atom. The maximum atomic E-state index is 13.8. The predicted octanol–water partition coefficient (Wildman–Crippen LogP) is 1.06. The highest BCUT2D eigenvalue weighted by atomic mass is 32.1. The van der Waals surface area contributed by atoms with Gasteiger partial charge in [0.05, 0.1) is 12.9 Å². The molecular weight excluding hydrogens is 253 g/mol. The molecule has 2 N–H and O–H groups in total. The van der Waals surface area contributed by atoms with Crippen molar-refractivity contribution >= 4 is 17.2 Å². The lowest BCUT2D eigenvalue weighted by molar-refractivity contribution is 0.594. The van der Waals surface area contributed by atoms with Gasteiger partial charge in [-0.05, 0) is 6.07 Å². The average molecular weight is 263 g/mol. The van der Waals surface area contributed by atoms with E-state index in [2.05, 4.69) is 4.98 Å². The van der Waals surface area contributed by atoms with Gasteiger partial charge in [-0.25, -0.2) is 9.37 Å². The second-order valence-corrected chi connectivity index (χ2v) is 4.16. The minimum Gasteiger partial charge on any atom is -0.389 e. The molecule has 6 heteroatoms. The van der Waals surface area contributed by atoms with Crippen LogP contribution in [0.1, 0.15) is 11.1 Å². The van der Waals surface area contributed by atoms with E-state index in [1.807, 2.05) is 0 Å². The third-order valence-corrected chi connectivity index (χ3v) is 2.71. The molecule has 2 rings (SSSR count). The van der Waals surface area contributed by atoms with Crippen LogP contribution < -0.4 is 11.3 Å². The van der Waals surface area contributed by atoms with Gasteiger partial charge in [-0.1, -0.05) is 24.4 Å². The monoisotopic (exact) mass is 263 g/mol. The van der Waals surface area contributed by atoms with Crippen LogP contribution in [-0.4, -0.2) is 14.5 Å². The van der Waals surface area contributed by atoms with Gasteiger partial charge in [0.25, 0.3) is 5.56 Å². The van der Waals surface area contributed by atoms with Gasteiger partial charge in [-0.3, -0.25) is 9.36 Å². The molecule has 1 aromatic carbocycles. The maximum absolute atomic E-state index is 13.8. The molecule has 92 valence electrons. The van der Waals surface area contributed by atoms with E-state index in [1.54, 1.807) is 12.1 Å². The number of nitrogens with two attached hydrogens (primary N) is 1. The van der Waals surface area contributed by atoms with Crippen LogP contribution in [0, 0.1) is 5.82 Å². The van der Waals surface area contributed by atoms with Crippen LogP contribution in [0.4, 0.5) is 4.39 Å². The van der Waals surface area contributed by atoms with Gasteiger partial charge < -0.3 is 5.73 Å². The molecule has 4 nitrogen and oxygen atoms in total. The fraction of sp³-hybridized carbons (Fsp3) is 0.0833. The Morgan fingerprint density at radius 3 is 2.83 bits per heavy atom. The molecule has 0 aliphatic rings. The Hall–Kier alpha value is -2.08. The minimum absolute atomic E-state index is 0.121. The number of hydrogen-bond acceptors (Lipinski definition) is 3. The zero-order chi connectivity index (χ0) is 13.1. The molecule has 1 heterocycles. The van der Waals surface area contributed by atoms with Crippen LogP contribution in [-0.2, 0) is 6.54 Å². The molecular formula is C12H10FN3OS. The topological polar surface area (TPSA) is 60.9 Å². The third kappa shape index (κ3) is 2.60. The van der Waals surface area contributed by atoms with E-state index in [0.717, 1.165) is 0 Å². The van der Waals surface area contributed by atoms with Crippen molar-refractivity contribution in [3.8, 4) is 0 Å². The zero-order valence-corrected chi connectivity index (χ0v) is 10.2. The van der Waals surface area contributed by atoms with Crippen molar-refractivity contribution in [1.29, 1.82) is 0 Å². The zero-order valence-electron chi connectivity index (χ0n) is 9.34. The van der Waals surface area contributed by atoms with E-state index in [0.29, 0.717) is 11.1 Å². The summed E-state index contributed by atoms with van der Waals surface area (Å²) in [6.07, 6.45) is 2.76. The van der Waals surface area contributed by atoms with Gasteiger partial charge >= 0.3 is 0 Å². The summed E-state index contributed by atoms with van der Waals surface area (Å²) in [6, 6.07) is 5.77. The molecule has 0 bridgehead atoms. The lowest BCUT2D eigenvalue weighted by Crippen LogP contribution is -2.20. The lowest BCUT2D eigenvalue weighted by atomic mass is 10.1. The van der Waals surface area contributed by atoms with E-state index in [-0.39, 0.29) is 17.1 Å². The predicted molar refractivity (Wildman–Crippen MR) is 69.9 cm³/mol. The van der Waals surface area contributed by atoms with Crippen LogP contribution in [0.15, 0.2) is 41.6 Å². The van der Waals surface area contributed by atoms with Crippen molar-refractivity contribution in [2.45, 2.75) is 6.54 Å². The van der Waals surface area contributed by atoms with Crippen molar-refractivity contribution in [3.05, 3.63) is 64.1 Å². The normalized spacial score (nSPS) is 10.3. The molecule has 0 atom stereocenters. The molecule has 0 aliphatic carbocycles. The first kappa shape index (κ1) is 12.4. The summed E-state index contributed by atoms with van der Waals surface area (Å²) in [5.41, 5.74) is 6.02. The number of aromatic nitrogens is 2. The second-order valence-electron chi connectivity index (χ2n) is 3.72. The minimum atomic E-state index is -0.448. The lowest BCUT2D eigenvalue weighted by Gasteiger charge is -2.07. The van der Waals surface area contributed by atoms with Gasteiger partial charge in [0.2, 0.25) is 0 Å². The molecule has 0 aliphatic heterocycles. The largest absolute Gasteiger partial charge is 0.389 e. The van der Waals surface area contributed by atoms with Gasteiger partial charge in [-0.15, -0.1) is 0 Å². The first-order valence-corrected chi connectivity index (χ1v) is 5.57. The SMILES string of the molecule is NC(=S)c1ccc(Cn2cnccc2=O)c(F)c1. The standard InChI is InChI=1S/C12H10FN3OS/c13-10-5-8(12(14)18)1-2-9(10)6-16-7-15-4-3-11(16)17/h1-5,7H,6H2,(H2,14,18). The average Bonchev–Trinajstić information content (AvgIpc) is 2.34. The molecule has 0 radical (unpaired) electrons. The summed E-state index contributed by atoms with van der Waals surface area (Å²) in [7, 11) is 0. The van der Waals surface area contributed by atoms with E-state index in [1.165, 1.54) is 29.2 Å². The highest BCUT2D eigenvalue weighted by Gasteiger charge is 2.06. The molecule has 0 saturated carbocycles. The number of thiocarbonyl (C=S) groups is 1. The van der Waals surface area contributed by atoms with Gasteiger partial charge in [0, 0.05) is 23.4 Å².